The minimum Gasteiger partial charge on any atom is -0.347 e. The first-order chi connectivity index (χ1) is 11.4. The molecule has 0 atom stereocenters. The Morgan fingerprint density at radius 1 is 1.17 bits per heavy atom. The van der Waals surface area contributed by atoms with E-state index in [4.69, 9.17) is 0 Å². The van der Waals surface area contributed by atoms with Crippen LogP contribution >= 0.6 is 0 Å². The maximum atomic E-state index is 12.1. The van der Waals surface area contributed by atoms with E-state index in [2.05, 4.69) is 48.3 Å². The van der Waals surface area contributed by atoms with Gasteiger partial charge < -0.3 is 10.2 Å². The summed E-state index contributed by atoms with van der Waals surface area (Å²) in [4.78, 5) is 27.4. The van der Waals surface area contributed by atoms with E-state index in [0.717, 1.165) is 19.4 Å². The summed E-state index contributed by atoms with van der Waals surface area (Å²) >= 11 is 0. The molecule has 0 aliphatic heterocycles. The summed E-state index contributed by atoms with van der Waals surface area (Å²) < 4.78 is 0. The Morgan fingerprint density at radius 2 is 1.79 bits per heavy atom. The normalized spacial score (nSPS) is 14.1. The average molecular weight is 331 g/mol. The first-order valence-electron chi connectivity index (χ1n) is 8.66. The third-order valence-corrected chi connectivity index (χ3v) is 4.38. The van der Waals surface area contributed by atoms with Crippen LogP contribution in [0.25, 0.3) is 0 Å². The van der Waals surface area contributed by atoms with E-state index in [1.165, 1.54) is 16.0 Å². The van der Waals surface area contributed by atoms with Gasteiger partial charge in [0.2, 0.25) is 11.8 Å². The molecule has 0 aromatic heterocycles. The Bertz CT molecular complexity index is 562. The number of hydrogen-bond donors (Lipinski definition) is 1. The van der Waals surface area contributed by atoms with Crippen LogP contribution in [0.4, 0.5) is 0 Å². The zero-order valence-corrected chi connectivity index (χ0v) is 15.2. The Morgan fingerprint density at radius 3 is 2.29 bits per heavy atom. The van der Waals surface area contributed by atoms with Gasteiger partial charge in [0.25, 0.3) is 0 Å². The highest BCUT2D eigenvalue weighted by atomic mass is 16.2. The Hall–Kier alpha value is -1.88. The molecule has 1 aliphatic carbocycles. The number of nitrogens with one attached hydrogen (secondary N) is 1. The van der Waals surface area contributed by atoms with Crippen molar-refractivity contribution in [3.8, 4) is 0 Å². The molecule has 1 aliphatic rings. The summed E-state index contributed by atoms with van der Waals surface area (Å²) in [5.74, 6) is 0.347. The summed E-state index contributed by atoms with van der Waals surface area (Å²) in [7, 11) is 3.37. The minimum absolute atomic E-state index is 0.0629. The van der Waals surface area contributed by atoms with Crippen molar-refractivity contribution in [2.24, 2.45) is 0 Å². The number of hydrogen-bond acceptors (Lipinski definition) is 3. The predicted octanol–water partition coefficient (Wildman–Crippen LogP) is 1.98. The third kappa shape index (κ3) is 5.64. The van der Waals surface area contributed by atoms with Crippen molar-refractivity contribution in [1.29, 1.82) is 0 Å². The van der Waals surface area contributed by atoms with Gasteiger partial charge >= 0.3 is 0 Å². The first kappa shape index (κ1) is 18.5. The van der Waals surface area contributed by atoms with Gasteiger partial charge in [0.15, 0.2) is 0 Å². The van der Waals surface area contributed by atoms with Crippen molar-refractivity contribution >= 4 is 11.8 Å². The van der Waals surface area contributed by atoms with Gasteiger partial charge in [-0.15, -0.1) is 0 Å². The van der Waals surface area contributed by atoms with Gasteiger partial charge in [-0.2, -0.15) is 0 Å². The molecule has 0 bridgehead atoms. The van der Waals surface area contributed by atoms with Crippen LogP contribution in [-0.4, -0.2) is 54.8 Å². The van der Waals surface area contributed by atoms with E-state index in [9.17, 15) is 9.59 Å². The highest BCUT2D eigenvalue weighted by Gasteiger charge is 2.30. The molecular formula is C19H29N3O2. The molecule has 132 valence electrons. The molecule has 2 amide bonds. The number of carbonyl (C=O) groups excluding carboxylic acids is 2. The van der Waals surface area contributed by atoms with Crippen molar-refractivity contribution in [3.05, 3.63) is 35.4 Å². The van der Waals surface area contributed by atoms with Crippen molar-refractivity contribution in [1.82, 2.24) is 15.1 Å². The second-order valence-electron chi connectivity index (χ2n) is 7.10. The van der Waals surface area contributed by atoms with Crippen LogP contribution < -0.4 is 5.32 Å². The number of benzene rings is 1. The maximum absolute atomic E-state index is 12.1. The molecule has 24 heavy (non-hydrogen) atoms. The fourth-order valence-corrected chi connectivity index (χ4v) is 2.57. The van der Waals surface area contributed by atoms with E-state index in [0.29, 0.717) is 18.5 Å². The Labute approximate surface area is 145 Å². The van der Waals surface area contributed by atoms with Gasteiger partial charge in [-0.1, -0.05) is 38.1 Å². The molecule has 0 spiro atoms. The SMILES string of the molecule is CC(C)c1ccc(CN(CC(=O)NCC(=O)N(C)C)C2CC2)cc1. The van der Waals surface area contributed by atoms with Gasteiger partial charge in [-0.25, -0.2) is 0 Å². The fourth-order valence-electron chi connectivity index (χ4n) is 2.57. The lowest BCUT2D eigenvalue weighted by Gasteiger charge is -2.22. The Kier molecular flexibility index (Phi) is 6.37. The molecule has 5 heteroatoms. The zero-order chi connectivity index (χ0) is 17.7. The van der Waals surface area contributed by atoms with Gasteiger partial charge in [0.1, 0.15) is 0 Å². The Balaban J connectivity index is 1.88. The zero-order valence-electron chi connectivity index (χ0n) is 15.2. The lowest BCUT2D eigenvalue weighted by atomic mass is 10.0. The van der Waals surface area contributed by atoms with E-state index >= 15 is 0 Å². The lowest BCUT2D eigenvalue weighted by molar-refractivity contribution is -0.131. The van der Waals surface area contributed by atoms with E-state index in [-0.39, 0.29) is 18.4 Å². The molecule has 0 unspecified atom stereocenters. The summed E-state index contributed by atoms with van der Waals surface area (Å²) in [6.45, 7) is 5.55. The summed E-state index contributed by atoms with van der Waals surface area (Å²) in [6, 6.07) is 9.13. The van der Waals surface area contributed by atoms with E-state index in [1.54, 1.807) is 14.1 Å². The van der Waals surface area contributed by atoms with Crippen molar-refractivity contribution in [2.75, 3.05) is 27.2 Å². The third-order valence-electron chi connectivity index (χ3n) is 4.38. The molecule has 1 N–H and O–H groups in total. The van der Waals surface area contributed by atoms with Crippen LogP contribution in [0.2, 0.25) is 0 Å². The number of nitrogens with zero attached hydrogens (tertiary/aromatic N) is 2. The number of likely N-dealkylation sites (N-methyl/N-ethyl adjacent to an activating group) is 1. The van der Waals surface area contributed by atoms with Crippen LogP contribution in [0.15, 0.2) is 24.3 Å². The van der Waals surface area contributed by atoms with E-state index in [1.807, 2.05) is 0 Å². The fraction of sp³-hybridized carbons (Fsp3) is 0.579. The van der Waals surface area contributed by atoms with Crippen LogP contribution in [0.3, 0.4) is 0 Å². The number of carbonyl (C=O) groups is 2. The van der Waals surface area contributed by atoms with Crippen LogP contribution in [0, 0.1) is 0 Å². The van der Waals surface area contributed by atoms with Gasteiger partial charge in [-0.3, -0.25) is 14.5 Å². The monoisotopic (exact) mass is 331 g/mol. The summed E-state index contributed by atoms with van der Waals surface area (Å²) in [6.07, 6.45) is 2.29. The molecule has 2 rings (SSSR count). The van der Waals surface area contributed by atoms with Crippen LogP contribution in [0.1, 0.15) is 43.7 Å². The van der Waals surface area contributed by atoms with Gasteiger partial charge in [0, 0.05) is 26.7 Å². The molecule has 1 fully saturated rings. The second kappa shape index (κ2) is 8.29. The molecule has 0 radical (unpaired) electrons. The van der Waals surface area contributed by atoms with Gasteiger partial charge in [-0.05, 0) is 29.9 Å². The first-order valence-corrected chi connectivity index (χ1v) is 8.66. The highest BCUT2D eigenvalue weighted by Crippen LogP contribution is 2.28. The number of amides is 2. The molecule has 1 aromatic carbocycles. The lowest BCUT2D eigenvalue weighted by Crippen LogP contribution is -2.42. The number of rotatable bonds is 8. The molecule has 1 aromatic rings. The molecule has 1 saturated carbocycles. The smallest absolute Gasteiger partial charge is 0.241 e. The average Bonchev–Trinajstić information content (AvgIpc) is 3.37. The van der Waals surface area contributed by atoms with Crippen molar-refractivity contribution in [2.45, 2.75) is 45.2 Å². The molecule has 5 nitrogen and oxygen atoms in total. The van der Waals surface area contributed by atoms with E-state index < -0.39 is 0 Å². The quantitative estimate of drug-likeness (QED) is 0.792. The molecule has 0 heterocycles. The molecular weight excluding hydrogens is 302 g/mol. The maximum Gasteiger partial charge on any atom is 0.241 e. The van der Waals surface area contributed by atoms with Crippen LogP contribution in [-0.2, 0) is 16.1 Å². The largest absolute Gasteiger partial charge is 0.347 e. The highest BCUT2D eigenvalue weighted by molar-refractivity contribution is 5.85. The standard InChI is InChI=1S/C19H29N3O2/c1-14(2)16-7-5-15(6-8-16)12-22(17-9-10-17)13-18(23)20-11-19(24)21(3)4/h5-8,14,17H,9-13H2,1-4H3,(H,20,23). The van der Waals surface area contributed by atoms with Gasteiger partial charge in [0.05, 0.1) is 13.1 Å². The van der Waals surface area contributed by atoms with Crippen molar-refractivity contribution in [3.63, 3.8) is 0 Å². The summed E-state index contributed by atoms with van der Waals surface area (Å²) in [5.41, 5.74) is 2.56. The van der Waals surface area contributed by atoms with Crippen LogP contribution in [0.5, 0.6) is 0 Å². The second-order valence-corrected chi connectivity index (χ2v) is 7.10. The molecule has 0 saturated heterocycles. The topological polar surface area (TPSA) is 52.7 Å². The predicted molar refractivity (Wildman–Crippen MR) is 95.7 cm³/mol. The minimum atomic E-state index is -0.0920. The van der Waals surface area contributed by atoms with Crippen molar-refractivity contribution < 1.29 is 9.59 Å². The summed E-state index contributed by atoms with van der Waals surface area (Å²) in [5, 5.41) is 2.71.